The summed E-state index contributed by atoms with van der Waals surface area (Å²) in [5.41, 5.74) is -0.627. The molecule has 0 amide bonds. The summed E-state index contributed by atoms with van der Waals surface area (Å²) in [5.74, 6) is -0.686. The highest BCUT2D eigenvalue weighted by Gasteiger charge is 2.18. The SMILES string of the molecule is O=S(=O)(O)N[C](Cl)c1ccccc1F. The zero-order valence-corrected chi connectivity index (χ0v) is 8.31. The molecule has 0 heterocycles. The van der Waals surface area contributed by atoms with Crippen LogP contribution >= 0.6 is 11.6 Å². The van der Waals surface area contributed by atoms with E-state index in [4.69, 9.17) is 16.2 Å². The molecule has 4 nitrogen and oxygen atoms in total. The highest BCUT2D eigenvalue weighted by molar-refractivity contribution is 7.83. The maximum Gasteiger partial charge on any atom is 0.335 e. The van der Waals surface area contributed by atoms with Gasteiger partial charge in [-0.05, 0) is 6.07 Å². The third-order valence-corrected chi connectivity index (χ3v) is 2.20. The van der Waals surface area contributed by atoms with Gasteiger partial charge < -0.3 is 0 Å². The molecule has 1 radical (unpaired) electrons. The second-order valence-electron chi connectivity index (χ2n) is 2.37. The Morgan fingerprint density at radius 3 is 2.50 bits per heavy atom. The summed E-state index contributed by atoms with van der Waals surface area (Å²) in [7, 11) is -4.47. The van der Waals surface area contributed by atoms with E-state index in [0.29, 0.717) is 0 Å². The second kappa shape index (κ2) is 4.22. The van der Waals surface area contributed by atoms with Gasteiger partial charge in [-0.2, -0.15) is 13.1 Å². The van der Waals surface area contributed by atoms with Gasteiger partial charge in [0, 0.05) is 5.56 Å². The second-order valence-corrected chi connectivity index (χ2v) is 3.90. The monoisotopic (exact) mass is 238 g/mol. The van der Waals surface area contributed by atoms with Crippen molar-refractivity contribution in [3.63, 3.8) is 0 Å². The molecule has 0 spiro atoms. The van der Waals surface area contributed by atoms with Crippen molar-refractivity contribution in [1.82, 2.24) is 4.72 Å². The maximum absolute atomic E-state index is 13.0. The molecule has 77 valence electrons. The molecule has 0 unspecified atom stereocenters. The van der Waals surface area contributed by atoms with E-state index in [9.17, 15) is 12.8 Å². The van der Waals surface area contributed by atoms with Crippen molar-refractivity contribution in [2.24, 2.45) is 0 Å². The Kier molecular flexibility index (Phi) is 3.43. The molecule has 0 atom stereocenters. The minimum absolute atomic E-state index is 0.133. The Labute approximate surface area is 85.6 Å². The number of nitrogens with one attached hydrogen (secondary N) is 1. The third-order valence-electron chi connectivity index (χ3n) is 1.33. The van der Waals surface area contributed by atoms with Crippen molar-refractivity contribution in [3.8, 4) is 0 Å². The Morgan fingerprint density at radius 2 is 2.00 bits per heavy atom. The molecule has 2 N–H and O–H groups in total. The van der Waals surface area contributed by atoms with E-state index in [1.165, 1.54) is 18.2 Å². The Bertz CT molecular complexity index is 423. The van der Waals surface area contributed by atoms with Gasteiger partial charge in [-0.25, -0.2) is 4.39 Å². The summed E-state index contributed by atoms with van der Waals surface area (Å²) in [6.07, 6.45) is 0. The van der Waals surface area contributed by atoms with E-state index < -0.39 is 21.6 Å². The van der Waals surface area contributed by atoms with Crippen LogP contribution in [0.3, 0.4) is 0 Å². The predicted octanol–water partition coefficient (Wildman–Crippen LogP) is 1.29. The number of benzene rings is 1. The van der Waals surface area contributed by atoms with Gasteiger partial charge in [0.1, 0.15) is 5.82 Å². The first-order valence-electron chi connectivity index (χ1n) is 3.43. The first-order valence-corrected chi connectivity index (χ1v) is 5.24. The van der Waals surface area contributed by atoms with Crippen LogP contribution in [0.4, 0.5) is 4.39 Å². The molecule has 0 aliphatic carbocycles. The first-order chi connectivity index (χ1) is 6.40. The lowest BCUT2D eigenvalue weighted by atomic mass is 10.2. The minimum Gasteiger partial charge on any atom is -0.273 e. The maximum atomic E-state index is 13.0. The summed E-state index contributed by atoms with van der Waals surface area (Å²) in [4.78, 5) is 0. The van der Waals surface area contributed by atoms with Gasteiger partial charge in [-0.1, -0.05) is 29.8 Å². The Balaban J connectivity index is 2.90. The molecular formula is C7H6ClFNO3S. The lowest BCUT2D eigenvalue weighted by Gasteiger charge is -2.08. The number of halogens is 2. The summed E-state index contributed by atoms with van der Waals surface area (Å²) in [6, 6.07) is 5.29. The van der Waals surface area contributed by atoms with Crippen LogP contribution in [0, 0.1) is 11.3 Å². The highest BCUT2D eigenvalue weighted by atomic mass is 35.5. The third kappa shape index (κ3) is 3.22. The van der Waals surface area contributed by atoms with Crippen molar-refractivity contribution in [2.75, 3.05) is 0 Å². The lowest BCUT2D eigenvalue weighted by Crippen LogP contribution is -2.25. The zero-order chi connectivity index (χ0) is 10.8. The summed E-state index contributed by atoms with van der Waals surface area (Å²) in [5, 5.41) is 0. The molecule has 0 fully saturated rings. The Morgan fingerprint density at radius 1 is 1.43 bits per heavy atom. The number of rotatable bonds is 3. The number of hydrogen-bond acceptors (Lipinski definition) is 2. The molecule has 1 aromatic carbocycles. The van der Waals surface area contributed by atoms with Crippen LogP contribution < -0.4 is 4.72 Å². The van der Waals surface area contributed by atoms with Gasteiger partial charge in [0.05, 0.1) is 0 Å². The van der Waals surface area contributed by atoms with E-state index in [0.717, 1.165) is 6.07 Å². The van der Waals surface area contributed by atoms with E-state index >= 15 is 0 Å². The van der Waals surface area contributed by atoms with Crippen LogP contribution in [0.5, 0.6) is 0 Å². The molecule has 0 saturated carbocycles. The van der Waals surface area contributed by atoms with E-state index in [-0.39, 0.29) is 5.56 Å². The average molecular weight is 239 g/mol. The van der Waals surface area contributed by atoms with Crippen LogP contribution in [-0.4, -0.2) is 13.0 Å². The summed E-state index contributed by atoms with van der Waals surface area (Å²) in [6.45, 7) is 0. The molecule has 14 heavy (non-hydrogen) atoms. The van der Waals surface area contributed by atoms with Gasteiger partial charge in [0.2, 0.25) is 0 Å². The van der Waals surface area contributed by atoms with Gasteiger partial charge in [-0.3, -0.25) is 4.55 Å². The molecule has 0 aromatic heterocycles. The molecular weight excluding hydrogens is 233 g/mol. The van der Waals surface area contributed by atoms with Gasteiger partial charge in [-0.15, -0.1) is 0 Å². The normalized spacial score (nSPS) is 12.0. The summed E-state index contributed by atoms with van der Waals surface area (Å²) >= 11 is 5.42. The van der Waals surface area contributed by atoms with Crippen LogP contribution in [0.2, 0.25) is 0 Å². The first kappa shape index (κ1) is 11.4. The molecule has 1 aromatic rings. The smallest absolute Gasteiger partial charge is 0.273 e. The van der Waals surface area contributed by atoms with Crippen molar-refractivity contribution in [3.05, 3.63) is 41.1 Å². The predicted molar refractivity (Wildman–Crippen MR) is 49.3 cm³/mol. The standard InChI is InChI=1S/C7H6ClFNO3S/c8-7(10-14(11,12)13)5-3-1-2-4-6(5)9/h1-4,10H,(H,11,12,13). The van der Waals surface area contributed by atoms with Crippen LogP contribution in [-0.2, 0) is 10.3 Å². The van der Waals surface area contributed by atoms with Gasteiger partial charge >= 0.3 is 10.3 Å². The van der Waals surface area contributed by atoms with Crippen molar-refractivity contribution < 1.29 is 17.4 Å². The fraction of sp³-hybridized carbons (Fsp3) is 0. The van der Waals surface area contributed by atoms with Crippen molar-refractivity contribution >= 4 is 21.9 Å². The molecule has 0 bridgehead atoms. The van der Waals surface area contributed by atoms with Gasteiger partial charge in [0.15, 0.2) is 5.50 Å². The highest BCUT2D eigenvalue weighted by Crippen LogP contribution is 2.19. The molecule has 1 rings (SSSR count). The zero-order valence-electron chi connectivity index (χ0n) is 6.74. The Hall–Kier alpha value is -0.690. The van der Waals surface area contributed by atoms with E-state index in [2.05, 4.69) is 0 Å². The lowest BCUT2D eigenvalue weighted by molar-refractivity contribution is 0.472. The largest absolute Gasteiger partial charge is 0.335 e. The topological polar surface area (TPSA) is 66.4 Å². The minimum atomic E-state index is -4.47. The average Bonchev–Trinajstić information content (AvgIpc) is 2.01. The fourth-order valence-corrected chi connectivity index (χ4v) is 1.59. The molecule has 0 aliphatic rings. The van der Waals surface area contributed by atoms with E-state index in [1.807, 2.05) is 0 Å². The van der Waals surface area contributed by atoms with Crippen LogP contribution in [0.25, 0.3) is 0 Å². The summed E-state index contributed by atoms with van der Waals surface area (Å²) < 4.78 is 43.6. The molecule has 0 aliphatic heterocycles. The molecule has 0 saturated heterocycles. The van der Waals surface area contributed by atoms with Crippen molar-refractivity contribution in [1.29, 1.82) is 0 Å². The van der Waals surface area contributed by atoms with E-state index in [1.54, 1.807) is 4.72 Å². The van der Waals surface area contributed by atoms with Crippen molar-refractivity contribution in [2.45, 2.75) is 0 Å². The fourth-order valence-electron chi connectivity index (χ4n) is 0.807. The van der Waals surface area contributed by atoms with Gasteiger partial charge in [0.25, 0.3) is 0 Å². The quantitative estimate of drug-likeness (QED) is 0.616. The number of hydrogen-bond donors (Lipinski definition) is 2. The van der Waals surface area contributed by atoms with Crippen LogP contribution in [0.15, 0.2) is 24.3 Å². The molecule has 7 heteroatoms. The van der Waals surface area contributed by atoms with Crippen LogP contribution in [0.1, 0.15) is 5.56 Å².